The second-order valence-corrected chi connectivity index (χ2v) is 4.80. The molecule has 2 nitrogen and oxygen atoms in total. The van der Waals surface area contributed by atoms with E-state index in [0.717, 1.165) is 27.5 Å². The van der Waals surface area contributed by atoms with Crippen LogP contribution in [0.15, 0.2) is 73.1 Å². The Labute approximate surface area is 116 Å². The van der Waals surface area contributed by atoms with E-state index in [1.165, 1.54) is 5.39 Å². The van der Waals surface area contributed by atoms with Gasteiger partial charge >= 0.3 is 0 Å². The van der Waals surface area contributed by atoms with Crippen LogP contribution in [-0.4, -0.2) is 9.97 Å². The van der Waals surface area contributed by atoms with Crippen molar-refractivity contribution in [3.05, 3.63) is 73.1 Å². The van der Waals surface area contributed by atoms with Crippen molar-refractivity contribution >= 4 is 21.7 Å². The van der Waals surface area contributed by atoms with Gasteiger partial charge in [-0.3, -0.25) is 4.98 Å². The molecule has 0 amide bonds. The van der Waals surface area contributed by atoms with Crippen molar-refractivity contribution < 1.29 is 0 Å². The van der Waals surface area contributed by atoms with Crippen LogP contribution in [0.2, 0.25) is 0 Å². The molecule has 2 aromatic heterocycles. The van der Waals surface area contributed by atoms with Gasteiger partial charge in [-0.05, 0) is 17.5 Å². The normalized spacial score (nSPS) is 11.0. The van der Waals surface area contributed by atoms with E-state index >= 15 is 0 Å². The number of fused-ring (bicyclic) bond motifs is 2. The first-order chi connectivity index (χ1) is 9.92. The number of pyridine rings is 2. The van der Waals surface area contributed by atoms with Crippen LogP contribution < -0.4 is 0 Å². The fourth-order valence-electron chi connectivity index (χ4n) is 2.54. The fraction of sp³-hybridized carbons (Fsp3) is 0. The van der Waals surface area contributed by atoms with Gasteiger partial charge in [-0.2, -0.15) is 0 Å². The van der Waals surface area contributed by atoms with Crippen LogP contribution in [-0.2, 0) is 0 Å². The molecule has 0 atom stereocenters. The Morgan fingerprint density at radius 3 is 2.40 bits per heavy atom. The van der Waals surface area contributed by atoms with Crippen LogP contribution in [0.25, 0.3) is 32.9 Å². The average molecular weight is 256 g/mol. The van der Waals surface area contributed by atoms with E-state index < -0.39 is 0 Å². The lowest BCUT2D eigenvalue weighted by molar-refractivity contribution is 1.33. The topological polar surface area (TPSA) is 25.8 Å². The maximum Gasteiger partial charge on any atom is 0.0731 e. The van der Waals surface area contributed by atoms with E-state index in [0.29, 0.717) is 0 Å². The Morgan fingerprint density at radius 2 is 1.45 bits per heavy atom. The van der Waals surface area contributed by atoms with E-state index in [9.17, 15) is 0 Å². The first-order valence-electron chi connectivity index (χ1n) is 6.61. The zero-order valence-electron chi connectivity index (χ0n) is 10.8. The second kappa shape index (κ2) is 4.42. The Bertz CT molecular complexity index is 908. The molecule has 0 saturated heterocycles. The van der Waals surface area contributed by atoms with Gasteiger partial charge in [0.1, 0.15) is 0 Å². The third-order valence-electron chi connectivity index (χ3n) is 3.54. The lowest BCUT2D eigenvalue weighted by Gasteiger charge is -2.06. The van der Waals surface area contributed by atoms with Crippen LogP contribution in [0.5, 0.6) is 0 Å². The molecule has 0 aliphatic carbocycles. The molecule has 4 aromatic rings. The quantitative estimate of drug-likeness (QED) is 0.503. The molecule has 2 heterocycles. The molecule has 0 fully saturated rings. The van der Waals surface area contributed by atoms with Crippen molar-refractivity contribution in [3.63, 3.8) is 0 Å². The summed E-state index contributed by atoms with van der Waals surface area (Å²) >= 11 is 0. The Balaban J connectivity index is 2.01. The molecule has 4 rings (SSSR count). The summed E-state index contributed by atoms with van der Waals surface area (Å²) in [5.74, 6) is 0. The summed E-state index contributed by atoms with van der Waals surface area (Å²) in [6, 6.07) is 20.6. The van der Waals surface area contributed by atoms with Crippen molar-refractivity contribution in [3.8, 4) is 11.3 Å². The van der Waals surface area contributed by atoms with E-state index in [4.69, 9.17) is 4.98 Å². The van der Waals surface area contributed by atoms with Gasteiger partial charge in [-0.15, -0.1) is 0 Å². The maximum absolute atomic E-state index is 4.76. The average Bonchev–Trinajstić information content (AvgIpc) is 2.54. The van der Waals surface area contributed by atoms with E-state index in [2.05, 4.69) is 35.3 Å². The summed E-state index contributed by atoms with van der Waals surface area (Å²) in [5.41, 5.74) is 3.06. The highest BCUT2D eigenvalue weighted by Crippen LogP contribution is 2.27. The number of benzene rings is 2. The fourth-order valence-corrected chi connectivity index (χ4v) is 2.54. The lowest BCUT2D eigenvalue weighted by Crippen LogP contribution is -1.88. The monoisotopic (exact) mass is 256 g/mol. The van der Waals surface area contributed by atoms with Crippen molar-refractivity contribution in [2.75, 3.05) is 0 Å². The standard InChI is InChI=1S/C18H12N2/c1-3-7-15-14(6-1)11-19-12-16(15)18-10-9-13-5-2-4-8-17(13)20-18/h1-12H. The van der Waals surface area contributed by atoms with Gasteiger partial charge in [-0.1, -0.05) is 48.5 Å². The van der Waals surface area contributed by atoms with E-state index in [-0.39, 0.29) is 0 Å². The third-order valence-corrected chi connectivity index (χ3v) is 3.54. The highest BCUT2D eigenvalue weighted by molar-refractivity contribution is 5.95. The zero-order valence-corrected chi connectivity index (χ0v) is 10.8. The zero-order chi connectivity index (χ0) is 13.4. The molecular weight excluding hydrogens is 244 g/mol. The summed E-state index contributed by atoms with van der Waals surface area (Å²) in [6.07, 6.45) is 3.78. The van der Waals surface area contributed by atoms with E-state index in [1.807, 2.05) is 42.7 Å². The summed E-state index contributed by atoms with van der Waals surface area (Å²) in [7, 11) is 0. The molecule has 94 valence electrons. The number of rotatable bonds is 1. The molecule has 2 aromatic carbocycles. The Hall–Kier alpha value is -2.74. The van der Waals surface area contributed by atoms with Gasteiger partial charge < -0.3 is 0 Å². The van der Waals surface area contributed by atoms with Gasteiger partial charge in [0.15, 0.2) is 0 Å². The predicted molar refractivity (Wildman–Crippen MR) is 82.5 cm³/mol. The number of aromatic nitrogens is 2. The number of hydrogen-bond acceptors (Lipinski definition) is 2. The molecule has 0 saturated carbocycles. The second-order valence-electron chi connectivity index (χ2n) is 4.80. The number of hydrogen-bond donors (Lipinski definition) is 0. The van der Waals surface area contributed by atoms with Crippen LogP contribution in [0, 0.1) is 0 Å². The molecule has 20 heavy (non-hydrogen) atoms. The molecular formula is C18H12N2. The van der Waals surface area contributed by atoms with Crippen LogP contribution in [0.4, 0.5) is 0 Å². The smallest absolute Gasteiger partial charge is 0.0731 e. The summed E-state index contributed by atoms with van der Waals surface area (Å²) < 4.78 is 0. The molecule has 0 aliphatic heterocycles. The van der Waals surface area contributed by atoms with Gasteiger partial charge in [0.05, 0.1) is 11.2 Å². The van der Waals surface area contributed by atoms with E-state index in [1.54, 1.807) is 0 Å². The number of nitrogens with zero attached hydrogens (tertiary/aromatic N) is 2. The highest BCUT2D eigenvalue weighted by atomic mass is 14.7. The minimum Gasteiger partial charge on any atom is -0.263 e. The molecule has 0 N–H and O–H groups in total. The van der Waals surface area contributed by atoms with Crippen molar-refractivity contribution in [1.82, 2.24) is 9.97 Å². The summed E-state index contributed by atoms with van der Waals surface area (Å²) in [6.45, 7) is 0. The highest BCUT2D eigenvalue weighted by Gasteiger charge is 2.06. The van der Waals surface area contributed by atoms with Crippen molar-refractivity contribution in [2.45, 2.75) is 0 Å². The molecule has 0 radical (unpaired) electrons. The maximum atomic E-state index is 4.76. The third kappa shape index (κ3) is 1.74. The summed E-state index contributed by atoms with van der Waals surface area (Å²) in [5, 5.41) is 3.48. The minimum atomic E-state index is 0.966. The molecule has 0 bridgehead atoms. The Kier molecular flexibility index (Phi) is 2.46. The largest absolute Gasteiger partial charge is 0.263 e. The van der Waals surface area contributed by atoms with Crippen LogP contribution in [0.1, 0.15) is 0 Å². The SMILES string of the molecule is c1ccc2nc(-c3cncc4ccccc34)ccc2c1. The molecule has 0 aliphatic rings. The minimum absolute atomic E-state index is 0.966. The van der Waals surface area contributed by atoms with Crippen molar-refractivity contribution in [1.29, 1.82) is 0 Å². The first kappa shape index (κ1) is 11.1. The van der Waals surface area contributed by atoms with Gasteiger partial charge in [-0.25, -0.2) is 4.98 Å². The Morgan fingerprint density at radius 1 is 0.650 bits per heavy atom. The molecule has 0 unspecified atom stereocenters. The van der Waals surface area contributed by atoms with Gasteiger partial charge in [0, 0.05) is 28.7 Å². The molecule has 2 heteroatoms. The predicted octanol–water partition coefficient (Wildman–Crippen LogP) is 4.45. The van der Waals surface area contributed by atoms with Crippen LogP contribution >= 0.6 is 0 Å². The van der Waals surface area contributed by atoms with Gasteiger partial charge in [0.2, 0.25) is 0 Å². The van der Waals surface area contributed by atoms with Crippen LogP contribution in [0.3, 0.4) is 0 Å². The van der Waals surface area contributed by atoms with Crippen molar-refractivity contribution in [2.24, 2.45) is 0 Å². The first-order valence-corrected chi connectivity index (χ1v) is 6.61. The van der Waals surface area contributed by atoms with Gasteiger partial charge in [0.25, 0.3) is 0 Å². The number of para-hydroxylation sites is 1. The lowest BCUT2D eigenvalue weighted by atomic mass is 10.0. The summed E-state index contributed by atoms with van der Waals surface area (Å²) in [4.78, 5) is 9.08. The molecule has 0 spiro atoms.